The maximum Gasteiger partial charge on any atom is 0.171 e. The van der Waals surface area contributed by atoms with Crippen molar-refractivity contribution in [3.05, 3.63) is 32.7 Å². The summed E-state index contributed by atoms with van der Waals surface area (Å²) in [7, 11) is -1.09. The van der Waals surface area contributed by atoms with Crippen LogP contribution in [0.25, 0.3) is 10.6 Å². The Labute approximate surface area is 158 Å². The van der Waals surface area contributed by atoms with E-state index in [0.29, 0.717) is 13.2 Å². The summed E-state index contributed by atoms with van der Waals surface area (Å²) < 4.78 is 13.2. The summed E-state index contributed by atoms with van der Waals surface area (Å²) >= 11 is 5.35. The Balaban J connectivity index is 2.14. The lowest BCUT2D eigenvalue weighted by Gasteiger charge is -2.24. The first-order chi connectivity index (χ1) is 11.3. The molecule has 24 heavy (non-hydrogen) atoms. The van der Waals surface area contributed by atoms with Gasteiger partial charge in [0.2, 0.25) is 0 Å². The third kappa shape index (κ3) is 3.77. The van der Waals surface area contributed by atoms with Crippen LogP contribution in [0, 0.1) is 0 Å². The number of ether oxygens (including phenoxy) is 1. The van der Waals surface area contributed by atoms with E-state index >= 15 is 0 Å². The number of hydrogen-bond donors (Lipinski definition) is 0. The van der Waals surface area contributed by atoms with Gasteiger partial charge in [-0.2, -0.15) is 0 Å². The molecule has 1 aliphatic heterocycles. The molecule has 6 heteroatoms. The van der Waals surface area contributed by atoms with Gasteiger partial charge in [0.15, 0.2) is 9.04 Å². The smallest absolute Gasteiger partial charge is 0.171 e. The van der Waals surface area contributed by atoms with Crippen LogP contribution in [-0.2, 0) is 22.9 Å². The molecule has 0 aliphatic carbocycles. The number of halogens is 1. The predicted molar refractivity (Wildman–Crippen MR) is 107 cm³/mol. The number of aromatic nitrogens is 1. The number of fused-ring (bicyclic) bond motifs is 3. The summed E-state index contributed by atoms with van der Waals surface area (Å²) in [5.74, 6) is 0.901. The van der Waals surface area contributed by atoms with E-state index < -0.39 is 9.04 Å². The normalized spacial score (nSPS) is 14.1. The van der Waals surface area contributed by atoms with Gasteiger partial charge in [-0.15, -0.1) is 11.3 Å². The molecular formula is C18H24BrNO2SSi. The summed E-state index contributed by atoms with van der Waals surface area (Å²) in [6.45, 7) is 12.3. The maximum absolute atomic E-state index is 6.04. The molecule has 3 nitrogen and oxygen atoms in total. The minimum absolute atomic E-state index is 0.00772. The van der Waals surface area contributed by atoms with Crippen LogP contribution in [0.4, 0.5) is 0 Å². The summed E-state index contributed by atoms with van der Waals surface area (Å²) in [4.78, 5) is 6.25. The van der Waals surface area contributed by atoms with Crippen LogP contribution < -0.4 is 4.74 Å². The van der Waals surface area contributed by atoms with Crippen LogP contribution in [0.5, 0.6) is 5.75 Å². The Kier molecular flexibility index (Phi) is 5.21. The van der Waals surface area contributed by atoms with E-state index in [-0.39, 0.29) is 5.41 Å². The largest absolute Gasteiger partial charge is 0.491 e. The maximum atomic E-state index is 6.04. The number of nitrogens with zero attached hydrogens (tertiary/aromatic N) is 1. The zero-order chi connectivity index (χ0) is 17.5. The van der Waals surface area contributed by atoms with Crippen LogP contribution in [0.3, 0.4) is 0 Å². The lowest BCUT2D eigenvalue weighted by Crippen LogP contribution is -2.18. The summed E-state index contributed by atoms with van der Waals surface area (Å²) in [6, 6.07) is 4.38. The lowest BCUT2D eigenvalue weighted by molar-refractivity contribution is 0.302. The Hall–Kier alpha value is -0.693. The van der Waals surface area contributed by atoms with Gasteiger partial charge in [0.1, 0.15) is 11.4 Å². The van der Waals surface area contributed by atoms with Crippen LogP contribution in [0.2, 0.25) is 13.1 Å². The van der Waals surface area contributed by atoms with Gasteiger partial charge < -0.3 is 9.16 Å². The van der Waals surface area contributed by atoms with Crippen LogP contribution in [0.15, 0.2) is 15.9 Å². The van der Waals surface area contributed by atoms with Gasteiger partial charge in [0, 0.05) is 6.42 Å². The Morgan fingerprint density at radius 2 is 2.08 bits per heavy atom. The minimum Gasteiger partial charge on any atom is -0.491 e. The van der Waals surface area contributed by atoms with E-state index in [1.165, 1.54) is 16.0 Å². The van der Waals surface area contributed by atoms with Gasteiger partial charge in [-0.1, -0.05) is 20.8 Å². The molecule has 130 valence electrons. The monoisotopic (exact) mass is 425 g/mol. The molecule has 3 heterocycles. The van der Waals surface area contributed by atoms with E-state index in [1.54, 1.807) is 11.3 Å². The van der Waals surface area contributed by atoms with E-state index in [2.05, 4.69) is 61.9 Å². The third-order valence-corrected chi connectivity index (χ3v) is 6.57. The molecular weight excluding hydrogens is 402 g/mol. The molecule has 0 radical (unpaired) electrons. The Bertz CT molecular complexity index is 752. The second-order valence-electron chi connectivity index (χ2n) is 7.44. The van der Waals surface area contributed by atoms with E-state index in [4.69, 9.17) is 14.1 Å². The fourth-order valence-electron chi connectivity index (χ4n) is 2.86. The molecule has 3 rings (SSSR count). The van der Waals surface area contributed by atoms with Crippen molar-refractivity contribution in [1.82, 2.24) is 4.98 Å². The van der Waals surface area contributed by atoms with E-state index in [0.717, 1.165) is 27.3 Å². The standard InChI is InChI=1S/C18H24BrNO2SSi/c1-18(2,3)12-9-14-16(20-13(12)10-22-24(4)5)17-11(6-7-21-14)8-15(19)23-17/h8-9,24H,6-7,10H2,1-5H3. The van der Waals surface area contributed by atoms with Crippen molar-refractivity contribution in [2.24, 2.45) is 0 Å². The van der Waals surface area contributed by atoms with Gasteiger partial charge in [-0.3, -0.25) is 0 Å². The van der Waals surface area contributed by atoms with E-state index in [1.807, 2.05) is 0 Å². The molecule has 0 unspecified atom stereocenters. The molecule has 0 fully saturated rings. The van der Waals surface area contributed by atoms with Crippen molar-refractivity contribution >= 4 is 36.3 Å². The molecule has 0 saturated heterocycles. The molecule has 0 bridgehead atoms. The molecule has 1 aliphatic rings. The van der Waals surface area contributed by atoms with Crippen LogP contribution >= 0.6 is 27.3 Å². The molecule has 0 N–H and O–H groups in total. The van der Waals surface area contributed by atoms with Crippen molar-refractivity contribution in [3.63, 3.8) is 0 Å². The first kappa shape index (κ1) is 18.1. The van der Waals surface area contributed by atoms with Gasteiger partial charge in [0.05, 0.1) is 27.6 Å². The average molecular weight is 426 g/mol. The zero-order valence-electron chi connectivity index (χ0n) is 14.9. The molecule has 0 amide bonds. The highest BCUT2D eigenvalue weighted by atomic mass is 79.9. The van der Waals surface area contributed by atoms with Gasteiger partial charge in [-0.05, 0) is 57.7 Å². The topological polar surface area (TPSA) is 31.4 Å². The molecule has 2 aromatic heterocycles. The van der Waals surface area contributed by atoms with Crippen molar-refractivity contribution in [2.45, 2.75) is 52.3 Å². The molecule has 0 atom stereocenters. The Morgan fingerprint density at radius 1 is 1.33 bits per heavy atom. The Morgan fingerprint density at radius 3 is 2.75 bits per heavy atom. The first-order valence-electron chi connectivity index (χ1n) is 8.33. The highest BCUT2D eigenvalue weighted by Crippen LogP contribution is 2.43. The quantitative estimate of drug-likeness (QED) is 0.624. The van der Waals surface area contributed by atoms with Crippen molar-refractivity contribution in [1.29, 1.82) is 0 Å². The highest BCUT2D eigenvalue weighted by Gasteiger charge is 2.26. The summed E-state index contributed by atoms with van der Waals surface area (Å²) in [5, 5.41) is 0. The SMILES string of the molecule is C[SiH](C)OCc1nc2c(cc1C(C)(C)C)OCCc1cc(Br)sc1-2. The second-order valence-corrected chi connectivity index (χ2v) is 12.3. The van der Waals surface area contributed by atoms with Gasteiger partial charge in [0.25, 0.3) is 0 Å². The molecule has 2 aromatic rings. The predicted octanol–water partition coefficient (Wildman–Crippen LogP) is 5.31. The summed E-state index contributed by atoms with van der Waals surface area (Å²) in [5.41, 5.74) is 4.55. The second kappa shape index (κ2) is 6.90. The number of thiophene rings is 1. The first-order valence-corrected chi connectivity index (χ1v) is 12.7. The fourth-order valence-corrected chi connectivity index (χ4v) is 5.05. The fraction of sp³-hybridized carbons (Fsp3) is 0.500. The van der Waals surface area contributed by atoms with Crippen molar-refractivity contribution in [3.8, 4) is 16.3 Å². The van der Waals surface area contributed by atoms with Crippen molar-refractivity contribution in [2.75, 3.05) is 6.61 Å². The van der Waals surface area contributed by atoms with E-state index in [9.17, 15) is 0 Å². The van der Waals surface area contributed by atoms with Crippen LogP contribution in [-0.4, -0.2) is 20.6 Å². The van der Waals surface area contributed by atoms with Gasteiger partial charge >= 0.3 is 0 Å². The molecule has 0 spiro atoms. The average Bonchev–Trinajstić information content (AvgIpc) is 2.77. The zero-order valence-corrected chi connectivity index (χ0v) is 18.5. The molecule has 0 saturated carbocycles. The highest BCUT2D eigenvalue weighted by molar-refractivity contribution is 9.11. The van der Waals surface area contributed by atoms with Crippen LogP contribution in [0.1, 0.15) is 37.6 Å². The lowest BCUT2D eigenvalue weighted by atomic mass is 9.85. The minimum atomic E-state index is -1.09. The van der Waals surface area contributed by atoms with Gasteiger partial charge in [-0.25, -0.2) is 4.98 Å². The number of rotatable bonds is 3. The summed E-state index contributed by atoms with van der Waals surface area (Å²) in [6.07, 6.45) is 0.920. The molecule has 0 aromatic carbocycles. The van der Waals surface area contributed by atoms with Crippen molar-refractivity contribution < 1.29 is 9.16 Å². The number of hydrogen-bond acceptors (Lipinski definition) is 4. The third-order valence-electron chi connectivity index (χ3n) is 4.05. The number of pyridine rings is 1.